The highest BCUT2D eigenvalue weighted by Crippen LogP contribution is 2.42. The first-order valence-corrected chi connectivity index (χ1v) is 16.2. The van der Waals surface area contributed by atoms with E-state index < -0.39 is 12.0 Å². The molecule has 8 heterocycles. The molecule has 9 nitrogen and oxygen atoms in total. The lowest BCUT2D eigenvalue weighted by Gasteiger charge is -2.34. The maximum absolute atomic E-state index is 16.9. The summed E-state index contributed by atoms with van der Waals surface area (Å²) in [5.74, 6) is 0.544. The number of rotatable bonds is 3. The molecule has 1 aromatic carbocycles. The van der Waals surface area contributed by atoms with Crippen LogP contribution in [0.2, 0.25) is 5.02 Å². The number of ether oxygens (including phenoxy) is 2. The van der Waals surface area contributed by atoms with Gasteiger partial charge in [0, 0.05) is 54.8 Å². The smallest absolute Gasteiger partial charge is 0.319 e. The number of aromatic amines is 1. The average Bonchev–Trinajstić information content (AvgIpc) is 3.72. The highest BCUT2D eigenvalue weighted by Gasteiger charge is 2.49. The number of H-pyrrole nitrogens is 1. The van der Waals surface area contributed by atoms with Crippen LogP contribution in [-0.2, 0) is 11.2 Å². The van der Waals surface area contributed by atoms with Crippen LogP contribution in [0.5, 0.6) is 6.01 Å². The van der Waals surface area contributed by atoms with E-state index in [1.54, 1.807) is 12.4 Å². The predicted octanol–water partition coefficient (Wildman–Crippen LogP) is 5.89. The van der Waals surface area contributed by atoms with Gasteiger partial charge in [-0.2, -0.15) is 15.1 Å². The summed E-state index contributed by atoms with van der Waals surface area (Å²) in [6, 6.07) is 1.93. The number of aromatic nitrogens is 5. The molecular formula is C32H36ClF2N7O2. The van der Waals surface area contributed by atoms with Gasteiger partial charge in [-0.05, 0) is 69.0 Å². The zero-order valence-electron chi connectivity index (χ0n) is 24.6. The molecule has 3 aromatic heterocycles. The Kier molecular flexibility index (Phi) is 7.30. The summed E-state index contributed by atoms with van der Waals surface area (Å²) in [7, 11) is 0. The Bertz CT molecular complexity index is 1720. The van der Waals surface area contributed by atoms with Gasteiger partial charge in [0.2, 0.25) is 0 Å². The molecule has 0 unspecified atom stereocenters. The minimum Gasteiger partial charge on any atom is -0.461 e. The number of hydrogen-bond acceptors (Lipinski definition) is 8. The molecule has 5 aliphatic heterocycles. The summed E-state index contributed by atoms with van der Waals surface area (Å²) in [6.45, 7) is 4.30. The van der Waals surface area contributed by atoms with E-state index in [-0.39, 0.29) is 29.4 Å². The fourth-order valence-corrected chi connectivity index (χ4v) is 8.31. The summed E-state index contributed by atoms with van der Waals surface area (Å²) < 4.78 is 43.7. The van der Waals surface area contributed by atoms with Gasteiger partial charge in [-0.1, -0.05) is 11.6 Å². The van der Waals surface area contributed by atoms with E-state index >= 15 is 4.39 Å². The van der Waals surface area contributed by atoms with Crippen LogP contribution >= 0.6 is 11.6 Å². The second-order valence-corrected chi connectivity index (χ2v) is 13.3. The van der Waals surface area contributed by atoms with Crippen molar-refractivity contribution in [2.24, 2.45) is 5.92 Å². The molecule has 232 valence electrons. The first-order valence-electron chi connectivity index (χ1n) is 15.8. The quantitative estimate of drug-likeness (QED) is 0.302. The second-order valence-electron chi connectivity index (χ2n) is 12.9. The molecule has 44 heavy (non-hydrogen) atoms. The third-order valence-corrected chi connectivity index (χ3v) is 10.5. The number of pyridine rings is 1. The van der Waals surface area contributed by atoms with E-state index in [2.05, 4.69) is 25.0 Å². The van der Waals surface area contributed by atoms with Gasteiger partial charge in [-0.15, -0.1) is 0 Å². The summed E-state index contributed by atoms with van der Waals surface area (Å²) >= 11 is 6.79. The van der Waals surface area contributed by atoms with Gasteiger partial charge in [0.25, 0.3) is 0 Å². The Morgan fingerprint density at radius 1 is 1.09 bits per heavy atom. The SMILES string of the molecule is Fc1c2ncc3c(nc(OC[C@@]45CCCN4C[C@H](F)C5)nc13)N1CCC[C@@H](CCCOCCc3c(Cl)cc4[nH]ncc4c3-2)C1. The molecule has 3 saturated heterocycles. The van der Waals surface area contributed by atoms with Gasteiger partial charge in [0.05, 0.1) is 29.2 Å². The van der Waals surface area contributed by atoms with E-state index in [0.29, 0.717) is 65.8 Å². The van der Waals surface area contributed by atoms with Gasteiger partial charge < -0.3 is 14.4 Å². The van der Waals surface area contributed by atoms with Crippen LogP contribution in [0.4, 0.5) is 14.6 Å². The summed E-state index contributed by atoms with van der Waals surface area (Å²) in [5.41, 5.74) is 1.97. The van der Waals surface area contributed by atoms with E-state index in [9.17, 15) is 4.39 Å². The highest BCUT2D eigenvalue weighted by atomic mass is 35.5. The van der Waals surface area contributed by atoms with Crippen molar-refractivity contribution in [3.8, 4) is 17.3 Å². The van der Waals surface area contributed by atoms with Crippen molar-refractivity contribution >= 4 is 39.2 Å². The van der Waals surface area contributed by atoms with Crippen molar-refractivity contribution in [3.05, 3.63) is 34.9 Å². The van der Waals surface area contributed by atoms with Gasteiger partial charge in [0.15, 0.2) is 5.82 Å². The largest absolute Gasteiger partial charge is 0.461 e. The second kappa shape index (κ2) is 11.3. The van der Waals surface area contributed by atoms with Crippen molar-refractivity contribution in [2.75, 3.05) is 50.9 Å². The summed E-state index contributed by atoms with van der Waals surface area (Å²) in [4.78, 5) is 18.7. The lowest BCUT2D eigenvalue weighted by molar-refractivity contribution is 0.107. The van der Waals surface area contributed by atoms with Crippen LogP contribution in [0.3, 0.4) is 0 Å². The van der Waals surface area contributed by atoms with E-state index in [1.807, 2.05) is 6.07 Å². The van der Waals surface area contributed by atoms with Crippen LogP contribution in [0, 0.1) is 11.7 Å². The maximum Gasteiger partial charge on any atom is 0.319 e. The molecule has 0 saturated carbocycles. The number of nitrogens with one attached hydrogen (secondary N) is 1. The molecule has 0 aliphatic carbocycles. The minimum atomic E-state index is -0.868. The number of anilines is 1. The fourth-order valence-electron chi connectivity index (χ4n) is 8.01. The van der Waals surface area contributed by atoms with Crippen molar-refractivity contribution < 1.29 is 18.3 Å². The fraction of sp³-hybridized carbons (Fsp3) is 0.562. The standard InChI is InChI=1S/C32H36ClF2N7O2/c33-24-12-25-22(15-37-40-25)26-21(24)6-11-43-10-2-5-19-4-1-8-41(16-19)30-23-14-36-29(26)27(35)28(23)38-31(39-30)44-18-32-7-3-9-42(32)17-20(34)13-32/h12,14-15,19-20H,1-11,13,16-18H2,(H,37,40)/t19-,20+,32-/m0/s1. The Morgan fingerprint density at radius 3 is 2.93 bits per heavy atom. The average molecular weight is 624 g/mol. The van der Waals surface area contributed by atoms with Crippen molar-refractivity contribution in [1.82, 2.24) is 30.0 Å². The molecule has 3 atom stereocenters. The Hall–Kier alpha value is -3.15. The zero-order valence-corrected chi connectivity index (χ0v) is 25.4. The van der Waals surface area contributed by atoms with E-state index in [4.69, 9.17) is 31.0 Å². The summed E-state index contributed by atoms with van der Waals surface area (Å²) in [6.07, 6.45) is 9.45. The number of piperidine rings is 1. The number of hydrogen-bond donors (Lipinski definition) is 1. The van der Waals surface area contributed by atoms with Crippen LogP contribution in [0.1, 0.15) is 50.5 Å². The molecular weight excluding hydrogens is 588 g/mol. The van der Waals surface area contributed by atoms with Crippen LogP contribution in [0.15, 0.2) is 18.5 Å². The predicted molar refractivity (Wildman–Crippen MR) is 165 cm³/mol. The van der Waals surface area contributed by atoms with Crippen LogP contribution in [0.25, 0.3) is 33.1 Å². The van der Waals surface area contributed by atoms with Crippen molar-refractivity contribution in [1.29, 1.82) is 0 Å². The first-order chi connectivity index (χ1) is 21.5. The highest BCUT2D eigenvalue weighted by molar-refractivity contribution is 6.33. The number of alkyl halides is 1. The van der Waals surface area contributed by atoms with Crippen molar-refractivity contribution in [2.45, 2.75) is 63.1 Å². The number of halogens is 3. The molecule has 6 bridgehead atoms. The van der Waals surface area contributed by atoms with Gasteiger partial charge >= 0.3 is 6.01 Å². The van der Waals surface area contributed by atoms with E-state index in [0.717, 1.165) is 69.1 Å². The Morgan fingerprint density at radius 2 is 2.00 bits per heavy atom. The van der Waals surface area contributed by atoms with Gasteiger partial charge in [0.1, 0.15) is 29.8 Å². The normalized spacial score (nSPS) is 26.1. The molecule has 5 aliphatic rings. The van der Waals surface area contributed by atoms with Gasteiger partial charge in [-0.25, -0.2) is 8.78 Å². The third kappa shape index (κ3) is 4.87. The molecule has 4 aromatic rings. The minimum absolute atomic E-state index is 0.114. The monoisotopic (exact) mass is 623 g/mol. The molecule has 3 fully saturated rings. The molecule has 0 spiro atoms. The molecule has 0 radical (unpaired) electrons. The lowest BCUT2D eigenvalue weighted by atomic mass is 9.93. The number of nitrogens with zero attached hydrogens (tertiary/aromatic N) is 6. The molecule has 12 heteroatoms. The number of benzene rings is 1. The maximum atomic E-state index is 16.9. The Labute approximate surface area is 259 Å². The van der Waals surface area contributed by atoms with Gasteiger partial charge in [-0.3, -0.25) is 15.0 Å². The lowest BCUT2D eigenvalue weighted by Crippen LogP contribution is -2.43. The van der Waals surface area contributed by atoms with Crippen LogP contribution in [-0.4, -0.2) is 87.8 Å². The third-order valence-electron chi connectivity index (χ3n) is 10.1. The van der Waals surface area contributed by atoms with Crippen molar-refractivity contribution in [3.63, 3.8) is 0 Å². The zero-order chi connectivity index (χ0) is 29.8. The van der Waals surface area contributed by atoms with Crippen LogP contribution < -0.4 is 9.64 Å². The molecule has 0 amide bonds. The number of fused-ring (bicyclic) bond motifs is 8. The summed E-state index contributed by atoms with van der Waals surface area (Å²) in [5, 5.41) is 8.95. The molecule has 1 N–H and O–H groups in total. The van der Waals surface area contributed by atoms with E-state index in [1.165, 1.54) is 0 Å². The first kappa shape index (κ1) is 28.3. The topological polar surface area (TPSA) is 92.3 Å². The Balaban J connectivity index is 1.28. The molecule has 9 rings (SSSR count).